The molecule has 1 heterocycles. The summed E-state index contributed by atoms with van der Waals surface area (Å²) in [4.78, 5) is 2.44. The highest BCUT2D eigenvalue weighted by Gasteiger charge is 2.16. The van der Waals surface area contributed by atoms with Crippen LogP contribution in [0.15, 0.2) is 0 Å². The van der Waals surface area contributed by atoms with Gasteiger partial charge in [-0.15, -0.1) is 0 Å². The maximum atomic E-state index is 3.63. The summed E-state index contributed by atoms with van der Waals surface area (Å²) in [5, 5.41) is 3.63. The highest BCUT2D eigenvalue weighted by atomic mass is 15.1. The zero-order valence-electron chi connectivity index (χ0n) is 10.9. The van der Waals surface area contributed by atoms with Gasteiger partial charge in [0.05, 0.1) is 0 Å². The van der Waals surface area contributed by atoms with Crippen LogP contribution in [-0.4, -0.2) is 38.1 Å². The van der Waals surface area contributed by atoms with E-state index in [1.54, 1.807) is 0 Å². The molecular formula is C13H28N2. The average molecular weight is 212 g/mol. The first-order valence-corrected chi connectivity index (χ1v) is 6.49. The number of hydrogen-bond donors (Lipinski definition) is 1. The van der Waals surface area contributed by atoms with Crippen molar-refractivity contribution in [3.63, 3.8) is 0 Å². The zero-order chi connectivity index (χ0) is 11.3. The SMILES string of the molecule is CC(C)C(C)CNCC1CCN(C)CC1. The molecule has 1 saturated heterocycles. The summed E-state index contributed by atoms with van der Waals surface area (Å²) < 4.78 is 0. The monoisotopic (exact) mass is 212 g/mol. The summed E-state index contributed by atoms with van der Waals surface area (Å²) in [5.41, 5.74) is 0. The van der Waals surface area contributed by atoms with E-state index in [0.717, 1.165) is 17.8 Å². The minimum absolute atomic E-state index is 0.801. The Balaban J connectivity index is 2.05. The molecule has 0 radical (unpaired) electrons. The molecule has 0 aliphatic carbocycles. The molecule has 0 saturated carbocycles. The summed E-state index contributed by atoms with van der Waals surface area (Å²) in [7, 11) is 2.23. The molecule has 0 amide bonds. The van der Waals surface area contributed by atoms with Gasteiger partial charge < -0.3 is 10.2 Å². The van der Waals surface area contributed by atoms with Crippen molar-refractivity contribution in [2.75, 3.05) is 33.2 Å². The third-order valence-electron chi connectivity index (χ3n) is 3.88. The van der Waals surface area contributed by atoms with Crippen LogP contribution in [0.3, 0.4) is 0 Å². The highest BCUT2D eigenvalue weighted by Crippen LogP contribution is 2.15. The van der Waals surface area contributed by atoms with Crippen LogP contribution in [0.1, 0.15) is 33.6 Å². The van der Waals surface area contributed by atoms with Crippen LogP contribution in [0.25, 0.3) is 0 Å². The first-order chi connectivity index (χ1) is 7.09. The smallest absolute Gasteiger partial charge is 0.00187 e. The van der Waals surface area contributed by atoms with E-state index in [2.05, 4.69) is 38.0 Å². The molecule has 1 aliphatic rings. The normalized spacial score (nSPS) is 22.2. The Morgan fingerprint density at radius 2 is 1.80 bits per heavy atom. The Labute approximate surface area is 95.4 Å². The van der Waals surface area contributed by atoms with Gasteiger partial charge in [0.25, 0.3) is 0 Å². The quantitative estimate of drug-likeness (QED) is 0.751. The lowest BCUT2D eigenvalue weighted by Crippen LogP contribution is -2.36. The minimum atomic E-state index is 0.801. The minimum Gasteiger partial charge on any atom is -0.316 e. The number of nitrogens with one attached hydrogen (secondary N) is 1. The molecule has 1 atom stereocenters. The van der Waals surface area contributed by atoms with Gasteiger partial charge in [0.15, 0.2) is 0 Å². The molecule has 1 rings (SSSR count). The summed E-state index contributed by atoms with van der Waals surface area (Å²) in [6.07, 6.45) is 2.75. The van der Waals surface area contributed by atoms with E-state index < -0.39 is 0 Å². The van der Waals surface area contributed by atoms with Gasteiger partial charge in [-0.1, -0.05) is 20.8 Å². The number of rotatable bonds is 5. The van der Waals surface area contributed by atoms with E-state index in [1.807, 2.05) is 0 Å². The summed E-state index contributed by atoms with van der Waals surface area (Å²) >= 11 is 0. The van der Waals surface area contributed by atoms with Crippen LogP contribution in [-0.2, 0) is 0 Å². The fourth-order valence-corrected chi connectivity index (χ4v) is 2.02. The molecule has 0 aromatic heterocycles. The van der Waals surface area contributed by atoms with Gasteiger partial charge in [0, 0.05) is 0 Å². The molecule has 1 aliphatic heterocycles. The Morgan fingerprint density at radius 3 is 2.33 bits per heavy atom. The molecule has 0 spiro atoms. The highest BCUT2D eigenvalue weighted by molar-refractivity contribution is 4.72. The van der Waals surface area contributed by atoms with Gasteiger partial charge in [0.2, 0.25) is 0 Å². The van der Waals surface area contributed by atoms with Crippen molar-refractivity contribution < 1.29 is 0 Å². The van der Waals surface area contributed by atoms with Crippen molar-refractivity contribution in [3.05, 3.63) is 0 Å². The number of hydrogen-bond acceptors (Lipinski definition) is 2. The Morgan fingerprint density at radius 1 is 1.20 bits per heavy atom. The van der Waals surface area contributed by atoms with Crippen molar-refractivity contribution in [2.45, 2.75) is 33.6 Å². The third-order valence-corrected chi connectivity index (χ3v) is 3.88. The molecule has 15 heavy (non-hydrogen) atoms. The van der Waals surface area contributed by atoms with Gasteiger partial charge in [0.1, 0.15) is 0 Å². The van der Waals surface area contributed by atoms with E-state index in [1.165, 1.54) is 39.0 Å². The summed E-state index contributed by atoms with van der Waals surface area (Å²) in [6, 6.07) is 0. The molecule has 0 aromatic carbocycles. The second-order valence-corrected chi connectivity index (χ2v) is 5.63. The summed E-state index contributed by atoms with van der Waals surface area (Å²) in [6.45, 7) is 11.9. The van der Waals surface area contributed by atoms with Gasteiger partial charge in [-0.3, -0.25) is 0 Å². The van der Waals surface area contributed by atoms with Crippen LogP contribution >= 0.6 is 0 Å². The van der Waals surface area contributed by atoms with Crippen LogP contribution in [0.2, 0.25) is 0 Å². The van der Waals surface area contributed by atoms with Crippen molar-refractivity contribution in [1.82, 2.24) is 10.2 Å². The molecule has 1 fully saturated rings. The standard InChI is InChI=1S/C13H28N2/c1-11(2)12(3)9-14-10-13-5-7-15(4)8-6-13/h11-14H,5-10H2,1-4H3. The molecule has 0 aromatic rings. The number of piperidine rings is 1. The Bertz CT molecular complexity index is 160. The third kappa shape index (κ3) is 4.98. The first-order valence-electron chi connectivity index (χ1n) is 6.49. The topological polar surface area (TPSA) is 15.3 Å². The second kappa shape index (κ2) is 6.49. The van der Waals surface area contributed by atoms with E-state index in [0.29, 0.717) is 0 Å². The van der Waals surface area contributed by atoms with Crippen LogP contribution in [0.4, 0.5) is 0 Å². The van der Waals surface area contributed by atoms with Crippen molar-refractivity contribution >= 4 is 0 Å². The molecule has 1 unspecified atom stereocenters. The largest absolute Gasteiger partial charge is 0.316 e. The van der Waals surface area contributed by atoms with Crippen LogP contribution in [0.5, 0.6) is 0 Å². The maximum Gasteiger partial charge on any atom is -0.00187 e. The van der Waals surface area contributed by atoms with Crippen molar-refractivity contribution in [1.29, 1.82) is 0 Å². The average Bonchev–Trinajstić information content (AvgIpc) is 2.20. The number of nitrogens with zero attached hydrogens (tertiary/aromatic N) is 1. The van der Waals surface area contributed by atoms with Gasteiger partial charge in [-0.25, -0.2) is 0 Å². The fraction of sp³-hybridized carbons (Fsp3) is 1.00. The molecular weight excluding hydrogens is 184 g/mol. The van der Waals surface area contributed by atoms with Gasteiger partial charge >= 0.3 is 0 Å². The van der Waals surface area contributed by atoms with Crippen LogP contribution in [0, 0.1) is 17.8 Å². The first kappa shape index (κ1) is 13.0. The fourth-order valence-electron chi connectivity index (χ4n) is 2.02. The number of likely N-dealkylation sites (tertiary alicyclic amines) is 1. The second-order valence-electron chi connectivity index (χ2n) is 5.63. The van der Waals surface area contributed by atoms with Crippen molar-refractivity contribution in [3.8, 4) is 0 Å². The Kier molecular flexibility index (Phi) is 5.62. The predicted molar refractivity (Wildman–Crippen MR) is 67.1 cm³/mol. The maximum absolute atomic E-state index is 3.63. The lowest BCUT2D eigenvalue weighted by molar-refractivity contribution is 0.213. The van der Waals surface area contributed by atoms with E-state index in [-0.39, 0.29) is 0 Å². The van der Waals surface area contributed by atoms with E-state index >= 15 is 0 Å². The van der Waals surface area contributed by atoms with Gasteiger partial charge in [-0.05, 0) is 63.8 Å². The van der Waals surface area contributed by atoms with E-state index in [4.69, 9.17) is 0 Å². The molecule has 2 nitrogen and oxygen atoms in total. The summed E-state index contributed by atoms with van der Waals surface area (Å²) in [5.74, 6) is 2.52. The predicted octanol–water partition coefficient (Wildman–Crippen LogP) is 2.21. The van der Waals surface area contributed by atoms with E-state index in [9.17, 15) is 0 Å². The lowest BCUT2D eigenvalue weighted by atomic mass is 9.95. The Hall–Kier alpha value is -0.0800. The lowest BCUT2D eigenvalue weighted by Gasteiger charge is -2.29. The molecule has 90 valence electrons. The molecule has 2 heteroatoms. The van der Waals surface area contributed by atoms with Crippen molar-refractivity contribution in [2.24, 2.45) is 17.8 Å². The molecule has 1 N–H and O–H groups in total. The van der Waals surface area contributed by atoms with Crippen LogP contribution < -0.4 is 5.32 Å². The zero-order valence-corrected chi connectivity index (χ0v) is 10.9. The molecule has 0 bridgehead atoms. The van der Waals surface area contributed by atoms with Gasteiger partial charge in [-0.2, -0.15) is 0 Å².